The van der Waals surface area contributed by atoms with Gasteiger partial charge in [-0.2, -0.15) is 15.0 Å². The van der Waals surface area contributed by atoms with Gasteiger partial charge in [-0.25, -0.2) is 0 Å². The first-order valence-electron chi connectivity index (χ1n) is 8.24. The van der Waals surface area contributed by atoms with Crippen LogP contribution in [-0.2, 0) is 24.8 Å². The standard InChI is InChI=1S/C18H22N6O2/c1-23(2)17-20-15(21-18(22-17)26-4)10-19-16(25)9-12-11-24(3)14-8-6-5-7-13(12)14/h5-8,11H,9-10H2,1-4H3,(H,19,25). The minimum Gasteiger partial charge on any atom is -0.467 e. The van der Waals surface area contributed by atoms with E-state index in [0.29, 0.717) is 18.2 Å². The van der Waals surface area contributed by atoms with Crippen LogP contribution in [-0.4, -0.2) is 46.6 Å². The first kappa shape index (κ1) is 17.7. The number of rotatable bonds is 6. The second-order valence-electron chi connectivity index (χ2n) is 6.17. The van der Waals surface area contributed by atoms with E-state index in [4.69, 9.17) is 4.74 Å². The van der Waals surface area contributed by atoms with Gasteiger partial charge in [0, 0.05) is 38.2 Å². The van der Waals surface area contributed by atoms with E-state index in [0.717, 1.165) is 16.5 Å². The highest BCUT2D eigenvalue weighted by molar-refractivity contribution is 5.89. The number of nitrogens with zero attached hydrogens (tertiary/aromatic N) is 5. The lowest BCUT2D eigenvalue weighted by Gasteiger charge is -2.12. The molecule has 0 bridgehead atoms. The van der Waals surface area contributed by atoms with Crippen molar-refractivity contribution < 1.29 is 9.53 Å². The molecule has 0 aliphatic rings. The van der Waals surface area contributed by atoms with Crippen LogP contribution < -0.4 is 15.0 Å². The van der Waals surface area contributed by atoms with E-state index in [2.05, 4.69) is 20.3 Å². The molecule has 2 aromatic heterocycles. The van der Waals surface area contributed by atoms with Gasteiger partial charge in [0.15, 0.2) is 5.82 Å². The van der Waals surface area contributed by atoms with Gasteiger partial charge >= 0.3 is 6.01 Å². The molecule has 0 spiro atoms. The highest BCUT2D eigenvalue weighted by atomic mass is 16.5. The van der Waals surface area contributed by atoms with Crippen molar-refractivity contribution >= 4 is 22.8 Å². The Balaban J connectivity index is 1.70. The van der Waals surface area contributed by atoms with Gasteiger partial charge in [0.05, 0.1) is 20.1 Å². The summed E-state index contributed by atoms with van der Waals surface area (Å²) >= 11 is 0. The van der Waals surface area contributed by atoms with Crippen LogP contribution in [0.5, 0.6) is 6.01 Å². The van der Waals surface area contributed by atoms with Crippen LogP contribution in [0.1, 0.15) is 11.4 Å². The maximum atomic E-state index is 12.4. The van der Waals surface area contributed by atoms with Crippen LogP contribution in [0, 0.1) is 0 Å². The van der Waals surface area contributed by atoms with Gasteiger partial charge in [0.1, 0.15) is 0 Å². The zero-order valence-corrected chi connectivity index (χ0v) is 15.4. The normalized spacial score (nSPS) is 10.8. The molecule has 0 fully saturated rings. The molecule has 1 amide bonds. The number of benzene rings is 1. The summed E-state index contributed by atoms with van der Waals surface area (Å²) in [6.07, 6.45) is 2.28. The average molecular weight is 354 g/mol. The summed E-state index contributed by atoms with van der Waals surface area (Å²) in [7, 11) is 7.14. The Morgan fingerprint density at radius 2 is 2.00 bits per heavy atom. The minimum absolute atomic E-state index is 0.0906. The van der Waals surface area contributed by atoms with Crippen LogP contribution in [0.2, 0.25) is 0 Å². The van der Waals surface area contributed by atoms with Crippen LogP contribution >= 0.6 is 0 Å². The van der Waals surface area contributed by atoms with Crippen molar-refractivity contribution in [3.63, 3.8) is 0 Å². The summed E-state index contributed by atoms with van der Waals surface area (Å²) in [4.78, 5) is 26.8. The van der Waals surface area contributed by atoms with Crippen molar-refractivity contribution in [1.82, 2.24) is 24.8 Å². The van der Waals surface area contributed by atoms with Gasteiger partial charge in [0.25, 0.3) is 0 Å². The number of aryl methyl sites for hydroxylation is 1. The smallest absolute Gasteiger partial charge is 0.321 e. The Kier molecular flexibility index (Phi) is 5.01. The number of carbonyl (C=O) groups excluding carboxylic acids is 1. The average Bonchev–Trinajstić information content (AvgIpc) is 2.95. The number of para-hydroxylation sites is 1. The largest absolute Gasteiger partial charge is 0.467 e. The number of amides is 1. The highest BCUT2D eigenvalue weighted by Gasteiger charge is 2.12. The second-order valence-corrected chi connectivity index (χ2v) is 6.17. The molecule has 8 nitrogen and oxygen atoms in total. The number of nitrogens with one attached hydrogen (secondary N) is 1. The fourth-order valence-electron chi connectivity index (χ4n) is 2.74. The number of methoxy groups -OCH3 is 1. The fraction of sp³-hybridized carbons (Fsp3) is 0.333. The molecule has 26 heavy (non-hydrogen) atoms. The van der Waals surface area contributed by atoms with Crippen molar-refractivity contribution in [3.8, 4) is 6.01 Å². The fourth-order valence-corrected chi connectivity index (χ4v) is 2.74. The monoisotopic (exact) mass is 354 g/mol. The molecule has 0 aliphatic heterocycles. The molecule has 136 valence electrons. The zero-order chi connectivity index (χ0) is 18.7. The van der Waals surface area contributed by atoms with E-state index in [9.17, 15) is 4.79 Å². The number of hydrogen-bond donors (Lipinski definition) is 1. The summed E-state index contributed by atoms with van der Waals surface area (Å²) in [5, 5.41) is 3.95. The van der Waals surface area contributed by atoms with Gasteiger partial charge in [0.2, 0.25) is 11.9 Å². The van der Waals surface area contributed by atoms with Gasteiger partial charge in [-0.1, -0.05) is 18.2 Å². The first-order valence-corrected chi connectivity index (χ1v) is 8.24. The molecule has 0 saturated heterocycles. The molecule has 3 rings (SSSR count). The third-order valence-electron chi connectivity index (χ3n) is 4.01. The molecule has 0 radical (unpaired) electrons. The lowest BCUT2D eigenvalue weighted by atomic mass is 10.1. The van der Waals surface area contributed by atoms with Crippen molar-refractivity contribution in [2.75, 3.05) is 26.1 Å². The Morgan fingerprint density at radius 3 is 2.73 bits per heavy atom. The van der Waals surface area contributed by atoms with Crippen LogP contribution in [0.4, 0.5) is 5.95 Å². The minimum atomic E-state index is -0.0906. The number of anilines is 1. The maximum absolute atomic E-state index is 12.4. The molecule has 2 heterocycles. The molecule has 0 saturated carbocycles. The third-order valence-corrected chi connectivity index (χ3v) is 4.01. The number of carbonyl (C=O) groups is 1. The van der Waals surface area contributed by atoms with E-state index < -0.39 is 0 Å². The number of hydrogen-bond acceptors (Lipinski definition) is 6. The predicted octanol–water partition coefficient (Wildman–Crippen LogP) is 1.30. The van der Waals surface area contributed by atoms with Crippen molar-refractivity contribution in [2.45, 2.75) is 13.0 Å². The number of ether oxygens (including phenoxy) is 1. The third kappa shape index (κ3) is 3.74. The Hall–Kier alpha value is -3.16. The summed E-state index contributed by atoms with van der Waals surface area (Å²) < 4.78 is 7.12. The molecule has 0 aliphatic carbocycles. The van der Waals surface area contributed by atoms with E-state index >= 15 is 0 Å². The predicted molar refractivity (Wildman–Crippen MR) is 99.2 cm³/mol. The lowest BCUT2D eigenvalue weighted by Crippen LogP contribution is -2.26. The molecule has 1 aromatic carbocycles. The van der Waals surface area contributed by atoms with Crippen LogP contribution in [0.15, 0.2) is 30.5 Å². The molecule has 1 N–H and O–H groups in total. The Bertz CT molecular complexity index is 935. The van der Waals surface area contributed by atoms with E-state index in [1.807, 2.05) is 56.2 Å². The molecular weight excluding hydrogens is 332 g/mol. The van der Waals surface area contributed by atoms with Crippen molar-refractivity contribution in [1.29, 1.82) is 0 Å². The SMILES string of the molecule is COc1nc(CNC(=O)Cc2cn(C)c3ccccc23)nc(N(C)C)n1. The number of aromatic nitrogens is 4. The van der Waals surface area contributed by atoms with Gasteiger partial charge < -0.3 is 19.5 Å². The molecule has 3 aromatic rings. The molecule has 0 unspecified atom stereocenters. The molecule has 0 atom stereocenters. The Morgan fingerprint density at radius 1 is 1.23 bits per heavy atom. The maximum Gasteiger partial charge on any atom is 0.321 e. The summed E-state index contributed by atoms with van der Waals surface area (Å²) in [6, 6.07) is 8.25. The van der Waals surface area contributed by atoms with Crippen LogP contribution in [0.25, 0.3) is 10.9 Å². The van der Waals surface area contributed by atoms with E-state index in [1.165, 1.54) is 7.11 Å². The topological polar surface area (TPSA) is 85.2 Å². The quantitative estimate of drug-likeness (QED) is 0.718. The van der Waals surface area contributed by atoms with E-state index in [-0.39, 0.29) is 18.5 Å². The molecule has 8 heteroatoms. The zero-order valence-electron chi connectivity index (χ0n) is 15.4. The summed E-state index contributed by atoms with van der Waals surface area (Å²) in [6.45, 7) is 0.212. The van der Waals surface area contributed by atoms with Crippen molar-refractivity contribution in [3.05, 3.63) is 41.9 Å². The highest BCUT2D eigenvalue weighted by Crippen LogP contribution is 2.20. The molecular formula is C18H22N6O2. The number of fused-ring (bicyclic) bond motifs is 1. The Labute approximate surface area is 151 Å². The van der Waals surface area contributed by atoms with Crippen LogP contribution in [0.3, 0.4) is 0 Å². The summed E-state index contributed by atoms with van der Waals surface area (Å²) in [5.74, 6) is 0.842. The van der Waals surface area contributed by atoms with Gasteiger partial charge in [-0.3, -0.25) is 4.79 Å². The van der Waals surface area contributed by atoms with E-state index in [1.54, 1.807) is 4.90 Å². The van der Waals surface area contributed by atoms with Crippen molar-refractivity contribution in [2.24, 2.45) is 7.05 Å². The summed E-state index contributed by atoms with van der Waals surface area (Å²) in [5.41, 5.74) is 2.09. The van der Waals surface area contributed by atoms with Gasteiger partial charge in [-0.05, 0) is 11.6 Å². The lowest BCUT2D eigenvalue weighted by molar-refractivity contribution is -0.120. The van der Waals surface area contributed by atoms with Gasteiger partial charge in [-0.15, -0.1) is 0 Å². The second kappa shape index (κ2) is 7.38. The first-order chi connectivity index (χ1) is 12.5.